The van der Waals surface area contributed by atoms with Crippen molar-refractivity contribution < 1.29 is 191 Å². The molecule has 0 spiro atoms. The number of hydrogen-bond acceptors (Lipinski definition) is 37. The molecule has 35 atom stereocenters. The van der Waals surface area contributed by atoms with Crippen molar-refractivity contribution in [1.82, 2.24) is 0 Å². The summed E-state index contributed by atoms with van der Waals surface area (Å²) >= 11 is 0. The van der Waals surface area contributed by atoms with Gasteiger partial charge >= 0.3 is 10.4 Å². The van der Waals surface area contributed by atoms with Gasteiger partial charge in [-0.1, -0.05) is 0 Å². The number of ether oxygens (including phenoxy) is 14. The van der Waals surface area contributed by atoms with Crippen LogP contribution < -0.4 is 0 Å². The fourth-order valence-electron chi connectivity index (χ4n) is 10.4. The van der Waals surface area contributed by atoms with E-state index in [0.29, 0.717) is 0 Å². The Kier molecular flexibility index (Phi) is 26.3. The van der Waals surface area contributed by atoms with Gasteiger partial charge in [0, 0.05) is 29.6 Å². The second-order valence-electron chi connectivity index (χ2n) is 20.1. The number of aliphatic hydroxyl groups is 21. The molecule has 41 heteroatoms. The molecule has 21 rings (SSSR count). The SMILES string of the molecule is O=S(=O)(O)O.OC[C@H]1O[C@@H]2O[C@H]3[C@H](O)[C@@H](O)[C@@H](O[C@H]4[C@H](O)[C@@H](O)[C@@H](O[C@H]5[C@H](O)[C@@H](O)[C@@H](O[C@H]6[C@H](O)[C@@H](O)[C@@H](O[C@H]7[C@H](O)[C@@H](O)[C@@H](O[C@H]8[C@H](O)[C@@H](O)[C@@H](O[C@H]1[C@H](O)[C@H]2O)O[C@@H]8CO)O[C@@H]7CO)O[C@@H]6CO)O[C@@H]5CO)O[C@@H]4CO)O[C@@H]3CO.[Na]. The molecule has 39 nitrogen and oxygen atoms in total. The fraction of sp³-hybridized carbons (Fsp3) is 1.00. The summed E-state index contributed by atoms with van der Waals surface area (Å²) in [6.45, 7) is -7.33. The van der Waals surface area contributed by atoms with Crippen molar-refractivity contribution in [1.29, 1.82) is 0 Å². The Hall–Kier alpha value is -0.530. The van der Waals surface area contributed by atoms with Crippen LogP contribution in [0.4, 0.5) is 0 Å². The van der Waals surface area contributed by atoms with E-state index in [1.165, 1.54) is 0 Å². The van der Waals surface area contributed by atoms with Crippen LogP contribution in [-0.4, -0.2) is 416 Å². The molecule has 83 heavy (non-hydrogen) atoms. The molecular formula is C42H72NaO39S. The van der Waals surface area contributed by atoms with Crippen LogP contribution in [0.25, 0.3) is 0 Å². The zero-order chi connectivity index (χ0) is 60.6. The molecule has 21 fully saturated rings. The first kappa shape index (κ1) is 71.5. The Bertz CT molecular complexity index is 1710. The van der Waals surface area contributed by atoms with Gasteiger partial charge in [-0.05, 0) is 0 Å². The van der Waals surface area contributed by atoms with Crippen molar-refractivity contribution in [2.75, 3.05) is 46.2 Å². The van der Waals surface area contributed by atoms with E-state index in [-0.39, 0.29) is 29.6 Å². The minimum Gasteiger partial charge on any atom is -0.394 e. The second kappa shape index (κ2) is 30.5. The Morgan fingerprint density at radius 3 is 0.398 bits per heavy atom. The van der Waals surface area contributed by atoms with Crippen molar-refractivity contribution in [3.8, 4) is 0 Å². The van der Waals surface area contributed by atoms with Gasteiger partial charge in [-0.3, -0.25) is 9.11 Å². The van der Waals surface area contributed by atoms with Crippen LogP contribution in [0.1, 0.15) is 0 Å². The summed E-state index contributed by atoms with van der Waals surface area (Å²) < 4.78 is 111. The number of aliphatic hydroxyl groups excluding tert-OH is 21. The standard InChI is InChI=1S/C42H70O35.Na.H2O4S/c43-1-8-29-15(50)22(57)36(64-8)72-30-9(2-44)66-38(24(59)17(30)52)74-32-11(4-46)68-40(26(61)19(32)54)76-34-13(6-48)70-42(28(63)21(34)56)77-35-14(7-49)69-41(27(62)20(35)55)75-33-12(5-47)67-39(25(60)18(33)53)73-31-10(3-45)65-37(71-29)23(58)16(31)51;;1-5(2,3)4/h8-63H,1-7H2;;(H2,1,2,3,4)/t8-,9-,10-,11-,12-,13-,14-,15-,16-,17-,18-,19-,20-,21-,22-,23-,24-,25-,26-,27-,28-,29-,30-,31-,32-,33-,34-,35-,36-,37-,38-,39-,40-,41-,42-;;/m1../s1. The first-order valence-electron chi connectivity index (χ1n) is 25.3. The zero-order valence-corrected chi connectivity index (χ0v) is 46.2. The van der Waals surface area contributed by atoms with Gasteiger partial charge in [-0.15, -0.1) is 0 Å². The predicted molar refractivity (Wildman–Crippen MR) is 248 cm³/mol. The van der Waals surface area contributed by atoms with E-state index in [9.17, 15) is 107 Å². The monoisotopic (exact) mass is 1260 g/mol. The smallest absolute Gasteiger partial charge is 0.394 e. The van der Waals surface area contributed by atoms with Gasteiger partial charge in [0.2, 0.25) is 0 Å². The van der Waals surface area contributed by atoms with Crippen LogP contribution in [0.3, 0.4) is 0 Å². The topological polar surface area (TPSA) is 629 Å². The molecule has 21 aliphatic rings. The van der Waals surface area contributed by atoms with Crippen LogP contribution in [-0.2, 0) is 76.7 Å². The second-order valence-corrected chi connectivity index (χ2v) is 21.0. The summed E-state index contributed by atoms with van der Waals surface area (Å²) in [6, 6.07) is 0. The number of rotatable bonds is 7. The van der Waals surface area contributed by atoms with Crippen LogP contribution in [0, 0.1) is 0 Å². The van der Waals surface area contributed by atoms with Crippen LogP contribution in [0.15, 0.2) is 0 Å². The van der Waals surface area contributed by atoms with Gasteiger partial charge < -0.3 is 174 Å². The third kappa shape index (κ3) is 15.6. The van der Waals surface area contributed by atoms with E-state index in [4.69, 9.17) is 83.8 Å². The van der Waals surface area contributed by atoms with Crippen molar-refractivity contribution in [2.24, 2.45) is 0 Å². The molecule has 0 saturated carbocycles. The molecule has 0 aromatic carbocycles. The maximum Gasteiger partial charge on any atom is 0.394 e. The molecule has 0 aromatic heterocycles. The van der Waals surface area contributed by atoms with E-state index < -0.39 is 272 Å². The van der Waals surface area contributed by atoms with Crippen molar-refractivity contribution in [3.63, 3.8) is 0 Å². The molecule has 481 valence electrons. The average Bonchev–Trinajstić information content (AvgIpc) is 2.87. The summed E-state index contributed by atoms with van der Waals surface area (Å²) in [5.74, 6) is 0. The molecule has 0 unspecified atom stereocenters. The van der Waals surface area contributed by atoms with E-state index >= 15 is 0 Å². The summed E-state index contributed by atoms with van der Waals surface area (Å²) in [6.07, 6.45) is -70.2. The van der Waals surface area contributed by atoms with Gasteiger partial charge in [0.1, 0.15) is 171 Å². The van der Waals surface area contributed by atoms with Crippen molar-refractivity contribution in [2.45, 2.75) is 215 Å². The van der Waals surface area contributed by atoms with Gasteiger partial charge in [-0.25, -0.2) is 0 Å². The Morgan fingerprint density at radius 1 is 0.217 bits per heavy atom. The predicted octanol–water partition coefficient (Wildman–Crippen LogP) is -16.3. The Labute approximate surface area is 490 Å². The molecule has 14 bridgehead atoms. The first-order valence-corrected chi connectivity index (χ1v) is 26.7. The van der Waals surface area contributed by atoms with Gasteiger partial charge in [0.15, 0.2) is 44.0 Å². The maximum absolute atomic E-state index is 11.3. The molecule has 0 aliphatic carbocycles. The summed E-state index contributed by atoms with van der Waals surface area (Å²) in [5, 5.41) is 230. The van der Waals surface area contributed by atoms with Gasteiger partial charge in [0.25, 0.3) is 0 Å². The minimum atomic E-state index is -4.67. The minimum absolute atomic E-state index is 0. The molecule has 21 aliphatic heterocycles. The molecular weight excluding hydrogens is 1180 g/mol. The van der Waals surface area contributed by atoms with Crippen molar-refractivity contribution >= 4 is 40.0 Å². The average molecular weight is 1260 g/mol. The van der Waals surface area contributed by atoms with Crippen LogP contribution in [0.2, 0.25) is 0 Å². The molecule has 23 N–H and O–H groups in total. The normalized spacial score (nSPS) is 52.1. The largest absolute Gasteiger partial charge is 0.394 e. The summed E-state index contributed by atoms with van der Waals surface area (Å²) in [5.41, 5.74) is 0. The number of hydrogen-bond donors (Lipinski definition) is 23. The fourth-order valence-corrected chi connectivity index (χ4v) is 10.4. The Morgan fingerprint density at radius 2 is 0.313 bits per heavy atom. The quantitative estimate of drug-likeness (QED) is 0.0831. The summed E-state index contributed by atoms with van der Waals surface area (Å²) in [7, 11) is -4.67. The first-order chi connectivity index (χ1) is 38.7. The van der Waals surface area contributed by atoms with Crippen LogP contribution >= 0.6 is 0 Å². The zero-order valence-electron chi connectivity index (χ0n) is 43.4. The molecule has 1 radical (unpaired) electrons. The van der Waals surface area contributed by atoms with Gasteiger partial charge in [-0.2, -0.15) is 8.42 Å². The van der Waals surface area contributed by atoms with E-state index in [2.05, 4.69) is 0 Å². The summed E-state index contributed by atoms with van der Waals surface area (Å²) in [4.78, 5) is 0. The van der Waals surface area contributed by atoms with E-state index in [1.807, 2.05) is 0 Å². The third-order valence-electron chi connectivity index (χ3n) is 14.8. The van der Waals surface area contributed by atoms with Gasteiger partial charge in [0.05, 0.1) is 46.2 Å². The van der Waals surface area contributed by atoms with E-state index in [1.54, 1.807) is 0 Å². The van der Waals surface area contributed by atoms with Crippen molar-refractivity contribution in [3.05, 3.63) is 0 Å². The third-order valence-corrected chi connectivity index (χ3v) is 14.8. The van der Waals surface area contributed by atoms with E-state index in [0.717, 1.165) is 0 Å². The molecule has 0 amide bonds. The molecule has 0 aromatic rings. The molecule has 21 saturated heterocycles. The van der Waals surface area contributed by atoms with Crippen LogP contribution in [0.5, 0.6) is 0 Å². The maximum atomic E-state index is 11.3. The molecule has 21 heterocycles. The Balaban J connectivity index is 0.00000177.